The van der Waals surface area contributed by atoms with Crippen LogP contribution in [-0.4, -0.2) is 23.0 Å². The second kappa shape index (κ2) is 9.15. The second-order valence-electron chi connectivity index (χ2n) is 15.6. The van der Waals surface area contributed by atoms with Crippen LogP contribution in [0.5, 0.6) is 0 Å². The first kappa shape index (κ1) is 33.5. The van der Waals surface area contributed by atoms with Crippen LogP contribution < -0.4 is 51.4 Å². The van der Waals surface area contributed by atoms with E-state index in [1.165, 1.54) is 0 Å². The zero-order valence-electron chi connectivity index (χ0n) is 24.5. The van der Waals surface area contributed by atoms with E-state index < -0.39 is 23.0 Å². The molecule has 0 aliphatic rings. The van der Waals surface area contributed by atoms with E-state index in [9.17, 15) is 0 Å². The largest absolute Gasteiger partial charge is 1.00 e. The minimum atomic E-state index is -1.80. The Hall–Kier alpha value is 2.29. The Bertz CT molecular complexity index is 415. The van der Waals surface area contributed by atoms with E-state index in [2.05, 4.69) is 131 Å². The van der Waals surface area contributed by atoms with Gasteiger partial charge in [0.2, 0.25) is 0 Å². The van der Waals surface area contributed by atoms with Crippen LogP contribution in [0.1, 0.15) is 125 Å². The van der Waals surface area contributed by atoms with Gasteiger partial charge < -0.3 is 0 Å². The van der Waals surface area contributed by atoms with Gasteiger partial charge in [0.15, 0.2) is 0 Å². The molecule has 0 nitrogen and oxygen atoms in total. The van der Waals surface area contributed by atoms with Gasteiger partial charge in [0.05, 0.1) is 0 Å². The molecule has 0 unspecified atom stereocenters. The summed E-state index contributed by atoms with van der Waals surface area (Å²) in [6.07, 6.45) is 0. The van der Waals surface area contributed by atoms with Crippen molar-refractivity contribution in [3.05, 3.63) is 0 Å². The monoisotopic (exact) mass is 480 g/mol. The Labute approximate surface area is 233 Å². The van der Waals surface area contributed by atoms with Crippen LogP contribution in [0.2, 0.25) is 36.8 Å². The molecule has 0 aromatic carbocycles. The maximum Gasteiger partial charge on any atom is 1.00 e. The fourth-order valence-electron chi connectivity index (χ4n) is 10.4. The molecule has 0 bridgehead atoms. The van der Waals surface area contributed by atoms with Crippen molar-refractivity contribution >= 4 is 23.0 Å². The van der Waals surface area contributed by atoms with E-state index in [1.807, 2.05) is 0 Å². The van der Waals surface area contributed by atoms with Gasteiger partial charge in [0, 0.05) is 0 Å². The molecule has 4 heteroatoms. The number of hydrogen-bond donors (Lipinski definition) is 0. The molecule has 0 saturated carbocycles. The van der Waals surface area contributed by atoms with Crippen LogP contribution in [0.3, 0.4) is 0 Å². The smallest absolute Gasteiger partial charge is 0.252 e. The fourth-order valence-corrected chi connectivity index (χ4v) is 78.5. The molecule has 0 fully saturated rings. The van der Waals surface area contributed by atoms with Crippen molar-refractivity contribution in [3.63, 3.8) is 0 Å². The van der Waals surface area contributed by atoms with Crippen molar-refractivity contribution < 1.29 is 51.4 Å². The molecule has 170 valence electrons. The molecule has 0 aliphatic heterocycles. The quantitative estimate of drug-likeness (QED) is 0.374. The van der Waals surface area contributed by atoms with Crippen molar-refractivity contribution in [2.24, 2.45) is 0 Å². The van der Waals surface area contributed by atoms with Crippen LogP contribution in [0, 0.1) is 0 Å². The Kier molecular flexibility index (Phi) is 10.6. The van der Waals surface area contributed by atoms with E-state index in [-0.39, 0.29) is 51.4 Å². The summed E-state index contributed by atoms with van der Waals surface area (Å²) in [5.74, 6) is 0. The predicted octanol–water partition coefficient (Wildman–Crippen LogP) is 6.97. The van der Waals surface area contributed by atoms with Gasteiger partial charge in [0.1, 0.15) is 0 Å². The van der Waals surface area contributed by atoms with Crippen LogP contribution in [-0.2, 0) is 0 Å². The van der Waals surface area contributed by atoms with Crippen LogP contribution in [0.25, 0.3) is 0 Å². The average molecular weight is 481 g/mol. The third-order valence-corrected chi connectivity index (χ3v) is 50.6. The first-order chi connectivity index (χ1) is 11.7. The van der Waals surface area contributed by atoms with Gasteiger partial charge in [-0.15, -0.1) is 0 Å². The maximum atomic E-state index is 2.84. The Morgan fingerprint density at radius 2 is 0.448 bits per heavy atom. The minimum Gasteiger partial charge on any atom is -0.252 e. The van der Waals surface area contributed by atoms with Gasteiger partial charge in [-0.25, -0.2) is 0 Å². The molecule has 0 saturated heterocycles. The first-order valence-corrected chi connectivity index (χ1v) is 19.5. The number of rotatable bonds is 2. The van der Waals surface area contributed by atoms with Crippen molar-refractivity contribution in [1.29, 1.82) is 0 Å². The molecule has 0 aliphatic carbocycles. The van der Waals surface area contributed by atoms with Crippen molar-refractivity contribution in [2.45, 2.75) is 161 Å². The minimum absolute atomic E-state index is 0. The summed E-state index contributed by atoms with van der Waals surface area (Å²) < 4.78 is 0. The summed E-state index contributed by atoms with van der Waals surface area (Å²) in [6, 6.07) is 0. The summed E-state index contributed by atoms with van der Waals surface area (Å²) in [5.41, 5.74) is 0. The Balaban J connectivity index is 0. The molecule has 0 N–H and O–H groups in total. The zero-order valence-corrected chi connectivity index (χ0v) is 30.6. The Morgan fingerprint density at radius 3 is 0.517 bits per heavy atom. The molecule has 0 atom stereocenters. The third-order valence-electron chi connectivity index (χ3n) is 7.88. The molecule has 0 spiro atoms. The molecule has 0 aromatic rings. The summed E-state index contributed by atoms with van der Waals surface area (Å²) in [5, 5.41) is 2.29. The predicted molar refractivity (Wildman–Crippen MR) is 141 cm³/mol. The summed E-state index contributed by atoms with van der Waals surface area (Å²) in [6.45, 7) is 49.8. The normalized spacial score (nSPS) is 16.1. The van der Waals surface area contributed by atoms with Gasteiger partial charge in [-0.3, -0.25) is 7.83 Å². The van der Waals surface area contributed by atoms with E-state index in [4.69, 9.17) is 0 Å². The SMILES string of the molecule is C[Si-]([Si](C(C)(C)C)(C(C)(C)C)C(C)(C)C)[Si](C(C)(C)C)(C(C)(C)C)C(C)(C)C.[K+]. The van der Waals surface area contributed by atoms with Crippen molar-refractivity contribution in [3.8, 4) is 0 Å². The second-order valence-corrected chi connectivity index (χ2v) is 39.4. The molecule has 29 heavy (non-hydrogen) atoms. The van der Waals surface area contributed by atoms with Gasteiger partial charge in [-0.2, -0.15) is 6.55 Å². The van der Waals surface area contributed by atoms with Gasteiger partial charge in [-0.1, -0.05) is 170 Å². The zero-order chi connectivity index (χ0) is 23.6. The molecule has 0 amide bonds. The summed E-state index contributed by atoms with van der Waals surface area (Å²) >= 11 is 0. The third kappa shape index (κ3) is 5.20. The van der Waals surface area contributed by atoms with Crippen LogP contribution >= 0.6 is 0 Å². The standard InChI is InChI=1S/C25H57Si3.K/c1-20(2,3)27(21(4,5)6,22(7,8)9)26(19)28(23(10,11)12,24(13,14)15)25(16,17)18;/h1-19H3;/q-1;+1. The molecule has 0 heterocycles. The van der Waals surface area contributed by atoms with Crippen molar-refractivity contribution in [2.75, 3.05) is 0 Å². The van der Waals surface area contributed by atoms with E-state index in [1.54, 1.807) is 0 Å². The van der Waals surface area contributed by atoms with Gasteiger partial charge in [0.25, 0.3) is 0 Å². The first-order valence-electron chi connectivity index (χ1n) is 11.5. The van der Waals surface area contributed by atoms with E-state index in [0.29, 0.717) is 30.2 Å². The Morgan fingerprint density at radius 1 is 0.345 bits per heavy atom. The summed E-state index contributed by atoms with van der Waals surface area (Å²) in [7, 11) is -4.26. The van der Waals surface area contributed by atoms with Gasteiger partial charge >= 0.3 is 51.4 Å². The maximum absolute atomic E-state index is 2.84. The van der Waals surface area contributed by atoms with Gasteiger partial charge in [-0.05, 0) is 0 Å². The summed E-state index contributed by atoms with van der Waals surface area (Å²) in [4.78, 5) is 0. The molecular weight excluding hydrogens is 424 g/mol. The van der Waals surface area contributed by atoms with E-state index >= 15 is 0 Å². The van der Waals surface area contributed by atoms with Crippen molar-refractivity contribution in [1.82, 2.24) is 0 Å². The molecule has 0 radical (unpaired) electrons. The fraction of sp³-hybridized carbons (Fsp3) is 1.00. The topological polar surface area (TPSA) is 0 Å². The molecule has 0 rings (SSSR count). The van der Waals surface area contributed by atoms with Crippen LogP contribution in [0.4, 0.5) is 0 Å². The average Bonchev–Trinajstić information content (AvgIpc) is 2.14. The number of hydrogen-bond acceptors (Lipinski definition) is 0. The van der Waals surface area contributed by atoms with Crippen LogP contribution in [0.15, 0.2) is 0 Å². The molecular formula is C25H57KSi3. The molecule has 0 aromatic heterocycles. The van der Waals surface area contributed by atoms with E-state index in [0.717, 1.165) is 0 Å².